The first-order valence-corrected chi connectivity index (χ1v) is 6.21. The molecule has 1 amide bonds. The van der Waals surface area contributed by atoms with Gasteiger partial charge >= 0.3 is 0 Å². The molecule has 0 aliphatic carbocycles. The average Bonchev–Trinajstić information content (AvgIpc) is 2.28. The molecule has 0 aliphatic heterocycles. The lowest BCUT2D eigenvalue weighted by molar-refractivity contribution is -0.123. The maximum Gasteiger partial charge on any atom is 0.237 e. The van der Waals surface area contributed by atoms with E-state index in [1.165, 1.54) is 12.1 Å². The van der Waals surface area contributed by atoms with Gasteiger partial charge in [-0.2, -0.15) is 0 Å². The van der Waals surface area contributed by atoms with E-state index in [2.05, 4.69) is 5.32 Å². The highest BCUT2D eigenvalue weighted by Crippen LogP contribution is 2.13. The van der Waals surface area contributed by atoms with E-state index in [1.54, 1.807) is 12.1 Å². The number of hydrogen-bond acceptors (Lipinski definition) is 2. The molecule has 0 saturated carbocycles. The van der Waals surface area contributed by atoms with Gasteiger partial charge in [0.25, 0.3) is 0 Å². The summed E-state index contributed by atoms with van der Waals surface area (Å²) in [7, 11) is 0. The average molecular weight is 252 g/mol. The fourth-order valence-corrected chi connectivity index (χ4v) is 1.77. The molecule has 1 rings (SSSR count). The van der Waals surface area contributed by atoms with Gasteiger partial charge in [0.1, 0.15) is 5.82 Å². The Bertz CT molecular complexity index is 389. The van der Waals surface area contributed by atoms with Crippen LogP contribution >= 0.6 is 0 Å². The molecule has 1 aromatic rings. The van der Waals surface area contributed by atoms with Crippen molar-refractivity contribution in [3.8, 4) is 0 Å². The lowest BCUT2D eigenvalue weighted by Gasteiger charge is -2.19. The van der Waals surface area contributed by atoms with Crippen LogP contribution in [0.15, 0.2) is 24.3 Å². The van der Waals surface area contributed by atoms with Crippen LogP contribution in [-0.2, 0) is 4.79 Å². The van der Waals surface area contributed by atoms with E-state index in [1.807, 2.05) is 20.8 Å². The number of halogens is 1. The van der Waals surface area contributed by atoms with Gasteiger partial charge in [-0.05, 0) is 37.0 Å². The maximum absolute atomic E-state index is 12.8. The van der Waals surface area contributed by atoms with Crippen molar-refractivity contribution in [1.82, 2.24) is 5.32 Å². The van der Waals surface area contributed by atoms with Gasteiger partial charge in [-0.15, -0.1) is 0 Å². The second kappa shape index (κ2) is 6.50. The van der Waals surface area contributed by atoms with E-state index in [-0.39, 0.29) is 17.8 Å². The monoisotopic (exact) mass is 252 g/mol. The van der Waals surface area contributed by atoms with Crippen LogP contribution in [0.5, 0.6) is 0 Å². The Morgan fingerprint density at radius 2 is 1.83 bits per heavy atom. The summed E-state index contributed by atoms with van der Waals surface area (Å²) in [5.41, 5.74) is 6.66. The molecular weight excluding hydrogens is 231 g/mol. The molecule has 0 aliphatic rings. The highest BCUT2D eigenvalue weighted by Gasteiger charge is 2.17. The first-order valence-electron chi connectivity index (χ1n) is 6.21. The lowest BCUT2D eigenvalue weighted by atomic mass is 10.0. The van der Waals surface area contributed by atoms with Crippen LogP contribution in [0.2, 0.25) is 0 Å². The summed E-state index contributed by atoms with van der Waals surface area (Å²) < 4.78 is 12.8. The summed E-state index contributed by atoms with van der Waals surface area (Å²) in [6, 6.07) is 5.42. The Kier molecular flexibility index (Phi) is 5.28. The molecule has 4 heteroatoms. The topological polar surface area (TPSA) is 55.1 Å². The normalized spacial score (nSPS) is 14.3. The molecule has 1 unspecified atom stereocenters. The van der Waals surface area contributed by atoms with Gasteiger partial charge in [-0.25, -0.2) is 4.39 Å². The van der Waals surface area contributed by atoms with Gasteiger partial charge in [-0.1, -0.05) is 26.0 Å². The molecule has 0 saturated heterocycles. The first-order chi connectivity index (χ1) is 8.40. The number of carbonyl (C=O) groups is 1. The van der Waals surface area contributed by atoms with Crippen LogP contribution in [0, 0.1) is 11.7 Å². The highest BCUT2D eigenvalue weighted by molar-refractivity contribution is 5.81. The summed E-state index contributed by atoms with van der Waals surface area (Å²) in [6.45, 7) is 5.90. The quantitative estimate of drug-likeness (QED) is 0.845. The highest BCUT2D eigenvalue weighted by atomic mass is 19.1. The van der Waals surface area contributed by atoms with E-state index >= 15 is 0 Å². The second-order valence-corrected chi connectivity index (χ2v) is 5.02. The van der Waals surface area contributed by atoms with Gasteiger partial charge in [-0.3, -0.25) is 4.79 Å². The van der Waals surface area contributed by atoms with Crippen molar-refractivity contribution in [2.75, 3.05) is 0 Å². The predicted octanol–water partition coefficient (Wildman–Crippen LogP) is 2.38. The zero-order valence-electron chi connectivity index (χ0n) is 11.1. The molecule has 2 atom stereocenters. The van der Waals surface area contributed by atoms with Crippen LogP contribution in [0.25, 0.3) is 0 Å². The zero-order chi connectivity index (χ0) is 13.7. The van der Waals surface area contributed by atoms with Gasteiger partial charge in [0.05, 0.1) is 12.1 Å². The number of carbonyl (C=O) groups excluding carboxylic acids is 1. The summed E-state index contributed by atoms with van der Waals surface area (Å²) in [6.07, 6.45) is 0.655. The van der Waals surface area contributed by atoms with E-state index in [4.69, 9.17) is 5.73 Å². The minimum absolute atomic E-state index is 0.166. The molecule has 3 nitrogen and oxygen atoms in total. The number of amides is 1. The van der Waals surface area contributed by atoms with Crippen LogP contribution in [-0.4, -0.2) is 11.9 Å². The Balaban J connectivity index is 2.56. The van der Waals surface area contributed by atoms with E-state index in [0.717, 1.165) is 5.56 Å². The minimum atomic E-state index is -0.493. The molecule has 0 fully saturated rings. The van der Waals surface area contributed by atoms with Gasteiger partial charge in [0.2, 0.25) is 5.91 Å². The van der Waals surface area contributed by atoms with Crippen molar-refractivity contribution in [1.29, 1.82) is 0 Å². The smallest absolute Gasteiger partial charge is 0.237 e. The standard InChI is InChI=1S/C14H21FN2O/c1-9(2)8-13(16)14(18)17-10(3)11-4-6-12(15)7-5-11/h4-7,9-10,13H,8,16H2,1-3H3,(H,17,18)/t10?,13-/m0/s1. The molecule has 0 bridgehead atoms. The van der Waals surface area contributed by atoms with Gasteiger partial charge < -0.3 is 11.1 Å². The van der Waals surface area contributed by atoms with Crippen molar-refractivity contribution < 1.29 is 9.18 Å². The van der Waals surface area contributed by atoms with Crippen molar-refractivity contribution in [3.05, 3.63) is 35.6 Å². The summed E-state index contributed by atoms with van der Waals surface area (Å²) in [4.78, 5) is 11.8. The van der Waals surface area contributed by atoms with Crippen LogP contribution < -0.4 is 11.1 Å². The van der Waals surface area contributed by atoms with Crippen molar-refractivity contribution >= 4 is 5.91 Å². The molecular formula is C14H21FN2O. The first kappa shape index (κ1) is 14.6. The second-order valence-electron chi connectivity index (χ2n) is 5.02. The van der Waals surface area contributed by atoms with Crippen LogP contribution in [0.4, 0.5) is 4.39 Å². The molecule has 1 aromatic carbocycles. The Labute approximate surface area is 108 Å². The lowest BCUT2D eigenvalue weighted by Crippen LogP contribution is -2.42. The number of rotatable bonds is 5. The number of benzene rings is 1. The van der Waals surface area contributed by atoms with E-state index < -0.39 is 6.04 Å². The minimum Gasteiger partial charge on any atom is -0.348 e. The van der Waals surface area contributed by atoms with Crippen LogP contribution in [0.1, 0.15) is 38.8 Å². The van der Waals surface area contributed by atoms with E-state index in [0.29, 0.717) is 12.3 Å². The number of hydrogen-bond donors (Lipinski definition) is 2. The fraction of sp³-hybridized carbons (Fsp3) is 0.500. The molecule has 18 heavy (non-hydrogen) atoms. The summed E-state index contributed by atoms with van der Waals surface area (Å²) in [5.74, 6) is -0.0683. The van der Waals surface area contributed by atoms with Crippen molar-refractivity contribution in [3.63, 3.8) is 0 Å². The Morgan fingerprint density at radius 1 is 1.28 bits per heavy atom. The van der Waals surface area contributed by atoms with E-state index in [9.17, 15) is 9.18 Å². The Morgan fingerprint density at radius 3 is 2.33 bits per heavy atom. The molecule has 0 radical (unpaired) electrons. The number of nitrogens with two attached hydrogens (primary N) is 1. The maximum atomic E-state index is 12.8. The third-order valence-corrected chi connectivity index (χ3v) is 2.79. The largest absolute Gasteiger partial charge is 0.348 e. The summed E-state index contributed by atoms with van der Waals surface area (Å²) in [5, 5.41) is 2.83. The molecule has 0 spiro atoms. The van der Waals surface area contributed by atoms with Crippen LogP contribution in [0.3, 0.4) is 0 Å². The van der Waals surface area contributed by atoms with Crippen molar-refractivity contribution in [2.45, 2.75) is 39.3 Å². The SMILES string of the molecule is CC(C)C[C@H](N)C(=O)NC(C)c1ccc(F)cc1. The van der Waals surface area contributed by atoms with Gasteiger partial charge in [0, 0.05) is 0 Å². The van der Waals surface area contributed by atoms with Crippen molar-refractivity contribution in [2.24, 2.45) is 11.7 Å². The summed E-state index contributed by atoms with van der Waals surface area (Å²) >= 11 is 0. The molecule has 0 heterocycles. The molecule has 0 aromatic heterocycles. The molecule has 3 N–H and O–H groups in total. The van der Waals surface area contributed by atoms with Gasteiger partial charge in [0.15, 0.2) is 0 Å². The number of nitrogens with one attached hydrogen (secondary N) is 1. The third kappa shape index (κ3) is 4.45. The Hall–Kier alpha value is -1.42. The predicted molar refractivity (Wildman–Crippen MR) is 70.4 cm³/mol. The third-order valence-electron chi connectivity index (χ3n) is 2.79. The fourth-order valence-electron chi connectivity index (χ4n) is 1.77. The zero-order valence-corrected chi connectivity index (χ0v) is 11.1. The molecule has 100 valence electrons.